The van der Waals surface area contributed by atoms with Gasteiger partial charge in [-0.1, -0.05) is 36.4 Å². The van der Waals surface area contributed by atoms with Gasteiger partial charge in [0.25, 0.3) is 11.8 Å². The summed E-state index contributed by atoms with van der Waals surface area (Å²) in [6.45, 7) is 1.89. The molecule has 0 aliphatic heterocycles. The number of pyridine rings is 1. The maximum Gasteiger partial charge on any atom is 0.372 e. The van der Waals surface area contributed by atoms with E-state index in [-0.39, 0.29) is 41.4 Å². The molecule has 238 valence electrons. The van der Waals surface area contributed by atoms with E-state index in [9.17, 15) is 29.1 Å². The number of esters is 1. The molecule has 0 saturated heterocycles. The van der Waals surface area contributed by atoms with Gasteiger partial charge in [-0.15, -0.1) is 0 Å². The molecule has 2 aromatic heterocycles. The van der Waals surface area contributed by atoms with Gasteiger partial charge in [0, 0.05) is 23.4 Å². The van der Waals surface area contributed by atoms with Crippen LogP contribution in [0.15, 0.2) is 97.1 Å². The van der Waals surface area contributed by atoms with Crippen molar-refractivity contribution in [1.82, 2.24) is 20.4 Å². The molecule has 2 aromatic carbocycles. The average Bonchev–Trinajstić information content (AvgIpc) is 3.45. The third-order valence-electron chi connectivity index (χ3n) is 6.35. The first-order chi connectivity index (χ1) is 21.6. The average molecular weight is 692 g/mol. The zero-order valence-electron chi connectivity index (χ0n) is 24.6. The predicted molar refractivity (Wildman–Crippen MR) is 161 cm³/mol. The number of nitrogens with one attached hydrogen (secondary N) is 2. The largest absolute Gasteiger partial charge is 1.00 e. The van der Waals surface area contributed by atoms with Crippen molar-refractivity contribution in [3.63, 3.8) is 0 Å². The van der Waals surface area contributed by atoms with Crippen LogP contribution in [0, 0.1) is 0 Å². The van der Waals surface area contributed by atoms with Crippen LogP contribution in [0.25, 0.3) is 23.0 Å². The van der Waals surface area contributed by atoms with Gasteiger partial charge in [-0.3, -0.25) is 14.4 Å². The van der Waals surface area contributed by atoms with Crippen molar-refractivity contribution in [3.8, 4) is 16.9 Å². The Balaban J connectivity index is 0.00000576. The van der Waals surface area contributed by atoms with Gasteiger partial charge in [-0.05, 0) is 43.3 Å². The van der Waals surface area contributed by atoms with Gasteiger partial charge in [0.15, 0.2) is 12.4 Å². The highest BCUT2D eigenvalue weighted by atomic mass is 79.9. The lowest BCUT2D eigenvalue weighted by atomic mass is 10.1. The number of carbonyl (C=O) groups excluding carboxylic acids is 4. The molecule has 2 heterocycles. The fourth-order valence-electron chi connectivity index (χ4n) is 4.28. The maximum atomic E-state index is 13.5. The molecular formula is C32H31BrN6O7. The fourth-order valence-corrected chi connectivity index (χ4v) is 4.28. The zero-order chi connectivity index (χ0) is 32.3. The standard InChI is InChI=1S/C32H30N6O7.BrH/c1-2-45-28(40)20-37-15-9-12-22(18-37)29-23(19-38(36-29)24-13-7-4-8-14-24)16-25(34-30(41)21-10-5-3-6-11-21)31(42)35-26(32(43)44)17-27(33)39;/h3-16,18-19,26H,2,17,20H2,1H3,(H4-,33,34,35,39,41,42,43,44);1H. The topological polar surface area (TPSA) is 187 Å². The number of nitrogens with two attached hydrogens (primary N) is 1. The van der Waals surface area contributed by atoms with E-state index in [1.165, 1.54) is 6.08 Å². The highest BCUT2D eigenvalue weighted by Gasteiger charge is 2.26. The molecule has 4 aromatic rings. The molecule has 14 heteroatoms. The number of aliphatic carboxylic acids is 1. The number of benzene rings is 2. The first-order valence-corrected chi connectivity index (χ1v) is 13.8. The van der Waals surface area contributed by atoms with Crippen LogP contribution in [0.5, 0.6) is 0 Å². The van der Waals surface area contributed by atoms with Crippen molar-refractivity contribution < 1.29 is 55.4 Å². The Morgan fingerprint density at radius 1 is 1.02 bits per heavy atom. The van der Waals surface area contributed by atoms with Crippen LogP contribution in [0.3, 0.4) is 0 Å². The Morgan fingerprint density at radius 2 is 1.70 bits per heavy atom. The molecule has 46 heavy (non-hydrogen) atoms. The summed E-state index contributed by atoms with van der Waals surface area (Å²) in [6, 6.07) is 19.1. The lowest BCUT2D eigenvalue weighted by Gasteiger charge is -2.15. The lowest BCUT2D eigenvalue weighted by Crippen LogP contribution is -3.00. The molecule has 5 N–H and O–H groups in total. The van der Waals surface area contributed by atoms with Gasteiger partial charge in [-0.25, -0.2) is 14.3 Å². The van der Waals surface area contributed by atoms with Crippen LogP contribution in [0.4, 0.5) is 0 Å². The number of halogens is 1. The number of carboxylic acids is 1. The van der Waals surface area contributed by atoms with E-state index >= 15 is 0 Å². The number of hydrogen-bond donors (Lipinski definition) is 4. The number of ether oxygens (including phenoxy) is 1. The van der Waals surface area contributed by atoms with E-state index in [2.05, 4.69) is 10.6 Å². The van der Waals surface area contributed by atoms with Gasteiger partial charge >= 0.3 is 11.9 Å². The van der Waals surface area contributed by atoms with Gasteiger partial charge in [0.05, 0.1) is 24.3 Å². The number of hydrogen-bond acceptors (Lipinski definition) is 7. The molecule has 0 spiro atoms. The molecule has 3 amide bonds. The van der Waals surface area contributed by atoms with E-state index < -0.39 is 42.1 Å². The second kappa shape index (κ2) is 16.4. The van der Waals surface area contributed by atoms with Gasteiger partial charge in [0.2, 0.25) is 12.5 Å². The minimum atomic E-state index is -1.64. The maximum absolute atomic E-state index is 13.5. The van der Waals surface area contributed by atoms with Crippen LogP contribution in [-0.4, -0.2) is 57.2 Å². The quantitative estimate of drug-likeness (QED) is 0.0750. The molecular weight excluding hydrogens is 660 g/mol. The van der Waals surface area contributed by atoms with Crippen LogP contribution < -0.4 is 37.9 Å². The minimum Gasteiger partial charge on any atom is -1.00 e. The Morgan fingerprint density at radius 3 is 2.33 bits per heavy atom. The molecule has 0 aliphatic carbocycles. The zero-order valence-corrected chi connectivity index (χ0v) is 26.2. The van der Waals surface area contributed by atoms with Crippen molar-refractivity contribution in [2.75, 3.05) is 6.61 Å². The molecule has 0 bridgehead atoms. The lowest BCUT2D eigenvalue weighted by molar-refractivity contribution is -0.685. The normalized spacial score (nSPS) is 11.5. The summed E-state index contributed by atoms with van der Waals surface area (Å²) in [5.74, 6) is -4.46. The molecule has 0 aliphatic rings. The molecule has 13 nitrogen and oxygen atoms in total. The fraction of sp³-hybridized carbons (Fsp3) is 0.156. The highest BCUT2D eigenvalue weighted by Crippen LogP contribution is 2.25. The summed E-state index contributed by atoms with van der Waals surface area (Å²) in [7, 11) is 0. The smallest absolute Gasteiger partial charge is 0.372 e. The number of carboxylic acid groups (broad SMARTS) is 1. The van der Waals surface area contributed by atoms with E-state index in [0.29, 0.717) is 22.5 Å². The Labute approximate surface area is 274 Å². The van der Waals surface area contributed by atoms with Crippen LogP contribution in [0.1, 0.15) is 29.3 Å². The molecule has 0 fully saturated rings. The Bertz CT molecular complexity index is 1740. The number of rotatable bonds is 13. The molecule has 0 radical (unpaired) electrons. The van der Waals surface area contributed by atoms with E-state index in [0.717, 1.165) is 0 Å². The summed E-state index contributed by atoms with van der Waals surface area (Å²) >= 11 is 0. The van der Waals surface area contributed by atoms with E-state index in [4.69, 9.17) is 15.6 Å². The van der Waals surface area contributed by atoms with Gasteiger partial charge in [-0.2, -0.15) is 9.67 Å². The minimum absolute atomic E-state index is 0. The summed E-state index contributed by atoms with van der Waals surface area (Å²) in [5, 5.41) is 19.1. The number of carbonyl (C=O) groups is 5. The van der Waals surface area contributed by atoms with Crippen LogP contribution in [-0.2, 0) is 30.5 Å². The van der Waals surface area contributed by atoms with Crippen molar-refractivity contribution in [2.45, 2.75) is 25.9 Å². The van der Waals surface area contributed by atoms with E-state index in [1.807, 2.05) is 30.3 Å². The summed E-state index contributed by atoms with van der Waals surface area (Å²) in [4.78, 5) is 62.0. The van der Waals surface area contributed by atoms with Crippen molar-refractivity contribution in [1.29, 1.82) is 0 Å². The van der Waals surface area contributed by atoms with Gasteiger partial charge < -0.3 is 43.2 Å². The van der Waals surface area contributed by atoms with Crippen molar-refractivity contribution >= 4 is 35.7 Å². The summed E-state index contributed by atoms with van der Waals surface area (Å²) < 4.78 is 8.25. The Hall–Kier alpha value is -5.63. The third-order valence-corrected chi connectivity index (χ3v) is 6.35. The van der Waals surface area contributed by atoms with E-state index in [1.54, 1.807) is 77.2 Å². The van der Waals surface area contributed by atoms with Crippen LogP contribution in [0.2, 0.25) is 0 Å². The van der Waals surface area contributed by atoms with Crippen molar-refractivity contribution in [2.24, 2.45) is 5.73 Å². The number of primary amides is 1. The highest BCUT2D eigenvalue weighted by molar-refractivity contribution is 6.06. The molecule has 4 rings (SSSR count). The first-order valence-electron chi connectivity index (χ1n) is 13.8. The Kier molecular flexibility index (Phi) is 12.5. The monoisotopic (exact) mass is 690 g/mol. The number of nitrogens with zero attached hydrogens (tertiary/aromatic N) is 3. The molecule has 1 atom stereocenters. The number of aromatic nitrogens is 3. The predicted octanol–water partition coefficient (Wildman–Crippen LogP) is -1.39. The first kappa shape index (κ1) is 34.9. The van der Waals surface area contributed by atoms with Gasteiger partial charge in [0.1, 0.15) is 17.4 Å². The third kappa shape index (κ3) is 9.43. The summed E-state index contributed by atoms with van der Waals surface area (Å²) in [6.07, 6.45) is 5.69. The number of amides is 3. The SMILES string of the molecule is CCOC(=O)C[n+]1cccc(-c2nn(-c3ccccc3)cc2C=C(NC(=O)c2ccccc2)C(=O)NC(CC(N)=O)C(=O)O)c1.[Br-]. The van der Waals surface area contributed by atoms with Crippen LogP contribution >= 0.6 is 0 Å². The van der Waals surface area contributed by atoms with Crippen molar-refractivity contribution in [3.05, 3.63) is 108 Å². The second-order valence-electron chi connectivity index (χ2n) is 9.70. The number of para-hydroxylation sites is 1. The molecule has 1 unspecified atom stereocenters. The molecule has 0 saturated carbocycles. The summed E-state index contributed by atoms with van der Waals surface area (Å²) in [5.41, 5.74) is 7.12. The second-order valence-corrected chi connectivity index (χ2v) is 9.70.